The lowest BCUT2D eigenvalue weighted by Crippen LogP contribution is -2.46. The Morgan fingerprint density at radius 2 is 2.04 bits per heavy atom. The zero-order valence-electron chi connectivity index (χ0n) is 15.5. The van der Waals surface area contributed by atoms with Gasteiger partial charge in [-0.15, -0.1) is 0 Å². The van der Waals surface area contributed by atoms with Gasteiger partial charge in [-0.25, -0.2) is 9.37 Å². The molecule has 0 radical (unpaired) electrons. The van der Waals surface area contributed by atoms with Gasteiger partial charge in [0.2, 0.25) is 0 Å². The molecule has 0 saturated carbocycles. The number of nitrogens with one attached hydrogen (secondary N) is 2. The van der Waals surface area contributed by atoms with E-state index in [1.807, 2.05) is 24.3 Å². The standard InChI is InChI=1S/C21H25FN4O/c1-14(27)16-6-9-20(23-11-16)26-10-2-3-17(13-26)21-19(12-24-25-21)15-4-7-18(22)8-5-15/h4-9,11,17,19,21,24-25H,2-3,10,12-13H2,1H3. The predicted octanol–water partition coefficient (Wildman–Crippen LogP) is 2.90. The minimum absolute atomic E-state index is 0.0361. The summed E-state index contributed by atoms with van der Waals surface area (Å²) in [5.74, 6) is 1.56. The average Bonchev–Trinajstić information content (AvgIpc) is 3.18. The van der Waals surface area contributed by atoms with Crippen LogP contribution in [0.3, 0.4) is 0 Å². The van der Waals surface area contributed by atoms with Crippen LogP contribution in [0.1, 0.15) is 41.6 Å². The summed E-state index contributed by atoms with van der Waals surface area (Å²) in [5, 5.41) is 0. The molecule has 4 rings (SSSR count). The Labute approximate surface area is 159 Å². The van der Waals surface area contributed by atoms with E-state index in [0.29, 0.717) is 23.4 Å². The number of carbonyl (C=O) groups excluding carboxylic acids is 1. The van der Waals surface area contributed by atoms with Crippen LogP contribution in [0.5, 0.6) is 0 Å². The van der Waals surface area contributed by atoms with Gasteiger partial charge in [-0.2, -0.15) is 0 Å². The topological polar surface area (TPSA) is 57.3 Å². The lowest BCUT2D eigenvalue weighted by Gasteiger charge is -2.38. The van der Waals surface area contributed by atoms with Crippen molar-refractivity contribution in [2.24, 2.45) is 5.92 Å². The monoisotopic (exact) mass is 368 g/mol. The van der Waals surface area contributed by atoms with Crippen LogP contribution in [0.4, 0.5) is 10.2 Å². The molecule has 2 N–H and O–H groups in total. The summed E-state index contributed by atoms with van der Waals surface area (Å²) in [7, 11) is 0. The van der Waals surface area contributed by atoms with Crippen molar-refractivity contribution in [3.63, 3.8) is 0 Å². The highest BCUT2D eigenvalue weighted by atomic mass is 19.1. The molecule has 2 saturated heterocycles. The van der Waals surface area contributed by atoms with Crippen molar-refractivity contribution in [1.82, 2.24) is 15.8 Å². The van der Waals surface area contributed by atoms with E-state index in [9.17, 15) is 9.18 Å². The number of carbonyl (C=O) groups is 1. The molecule has 3 heterocycles. The van der Waals surface area contributed by atoms with Crippen LogP contribution in [-0.2, 0) is 0 Å². The van der Waals surface area contributed by atoms with Crippen LogP contribution >= 0.6 is 0 Å². The average molecular weight is 368 g/mol. The lowest BCUT2D eigenvalue weighted by molar-refractivity contribution is 0.101. The van der Waals surface area contributed by atoms with Crippen molar-refractivity contribution in [3.05, 3.63) is 59.5 Å². The second kappa shape index (κ2) is 7.74. The Morgan fingerprint density at radius 1 is 1.22 bits per heavy atom. The first-order chi connectivity index (χ1) is 13.1. The smallest absolute Gasteiger partial charge is 0.161 e. The van der Waals surface area contributed by atoms with Gasteiger partial charge in [0.25, 0.3) is 0 Å². The maximum atomic E-state index is 13.3. The third-order valence-corrected chi connectivity index (χ3v) is 5.77. The largest absolute Gasteiger partial charge is 0.356 e. The van der Waals surface area contributed by atoms with Crippen molar-refractivity contribution in [1.29, 1.82) is 0 Å². The summed E-state index contributed by atoms with van der Waals surface area (Å²) in [4.78, 5) is 18.3. The van der Waals surface area contributed by atoms with Gasteiger partial charge in [-0.1, -0.05) is 12.1 Å². The minimum Gasteiger partial charge on any atom is -0.356 e. The molecular formula is C21H25FN4O. The number of aromatic nitrogens is 1. The molecule has 0 amide bonds. The number of nitrogens with zero attached hydrogens (tertiary/aromatic N) is 2. The SMILES string of the molecule is CC(=O)c1ccc(N2CCCC(C3NNCC3c3ccc(F)cc3)C2)nc1. The van der Waals surface area contributed by atoms with Crippen molar-refractivity contribution < 1.29 is 9.18 Å². The molecule has 0 bridgehead atoms. The first kappa shape index (κ1) is 18.1. The Bertz CT molecular complexity index is 793. The van der Waals surface area contributed by atoms with Crippen LogP contribution in [0.15, 0.2) is 42.6 Å². The third kappa shape index (κ3) is 3.87. The van der Waals surface area contributed by atoms with Gasteiger partial charge in [-0.05, 0) is 55.5 Å². The first-order valence-corrected chi connectivity index (χ1v) is 9.57. The van der Waals surface area contributed by atoms with E-state index in [2.05, 4.69) is 20.7 Å². The number of anilines is 1. The maximum absolute atomic E-state index is 13.3. The van der Waals surface area contributed by atoms with E-state index in [4.69, 9.17) is 0 Å². The molecule has 1 aromatic heterocycles. The highest BCUT2D eigenvalue weighted by molar-refractivity contribution is 5.93. The van der Waals surface area contributed by atoms with Crippen LogP contribution in [-0.4, -0.2) is 36.4 Å². The van der Waals surface area contributed by atoms with Crippen LogP contribution in [0.2, 0.25) is 0 Å². The van der Waals surface area contributed by atoms with Gasteiger partial charge >= 0.3 is 0 Å². The number of halogens is 1. The number of benzene rings is 1. The second-order valence-electron chi connectivity index (χ2n) is 7.52. The van der Waals surface area contributed by atoms with Crippen LogP contribution < -0.4 is 15.8 Å². The van der Waals surface area contributed by atoms with E-state index < -0.39 is 0 Å². The van der Waals surface area contributed by atoms with Crippen LogP contribution in [0, 0.1) is 11.7 Å². The first-order valence-electron chi connectivity index (χ1n) is 9.57. The number of Topliss-reactive ketones (excluding diaryl/α,β-unsaturated/α-hetero) is 1. The summed E-state index contributed by atoms with van der Waals surface area (Å²) >= 11 is 0. The molecule has 3 unspecified atom stereocenters. The molecular weight excluding hydrogens is 343 g/mol. The van der Waals surface area contributed by atoms with Crippen molar-refractivity contribution in [2.45, 2.75) is 31.7 Å². The molecule has 2 aliphatic heterocycles. The molecule has 5 nitrogen and oxygen atoms in total. The molecule has 2 aromatic rings. The van der Waals surface area contributed by atoms with E-state index in [1.165, 1.54) is 5.56 Å². The number of rotatable bonds is 4. The normalized spacial score (nSPS) is 25.6. The zero-order chi connectivity index (χ0) is 18.8. The van der Waals surface area contributed by atoms with E-state index >= 15 is 0 Å². The zero-order valence-corrected chi connectivity index (χ0v) is 15.5. The molecule has 142 valence electrons. The summed E-state index contributed by atoms with van der Waals surface area (Å²) < 4.78 is 13.3. The van der Waals surface area contributed by atoms with Crippen molar-refractivity contribution in [3.8, 4) is 0 Å². The third-order valence-electron chi connectivity index (χ3n) is 5.77. The number of hydrazine groups is 1. The lowest BCUT2D eigenvalue weighted by atomic mass is 9.81. The summed E-state index contributed by atoms with van der Waals surface area (Å²) in [6.45, 7) is 4.30. The van der Waals surface area contributed by atoms with Gasteiger partial charge in [0.05, 0.1) is 0 Å². The van der Waals surface area contributed by atoms with Gasteiger partial charge in [-0.3, -0.25) is 15.6 Å². The van der Waals surface area contributed by atoms with E-state index in [0.717, 1.165) is 38.3 Å². The van der Waals surface area contributed by atoms with E-state index in [-0.39, 0.29) is 11.6 Å². The fourth-order valence-corrected chi connectivity index (χ4v) is 4.29. The Balaban J connectivity index is 1.48. The number of pyridine rings is 1. The quantitative estimate of drug-likeness (QED) is 0.813. The molecule has 6 heteroatoms. The summed E-state index contributed by atoms with van der Waals surface area (Å²) in [5.41, 5.74) is 8.55. The highest BCUT2D eigenvalue weighted by Crippen LogP contribution is 2.32. The van der Waals surface area contributed by atoms with Crippen molar-refractivity contribution >= 4 is 11.6 Å². The van der Waals surface area contributed by atoms with Gasteiger partial charge in [0.15, 0.2) is 5.78 Å². The molecule has 1 aromatic carbocycles. The molecule has 2 aliphatic rings. The van der Waals surface area contributed by atoms with Crippen LogP contribution in [0.25, 0.3) is 0 Å². The summed E-state index contributed by atoms with van der Waals surface area (Å²) in [6, 6.07) is 11.0. The molecule has 27 heavy (non-hydrogen) atoms. The maximum Gasteiger partial charge on any atom is 0.161 e. The van der Waals surface area contributed by atoms with Gasteiger partial charge in [0.1, 0.15) is 11.6 Å². The minimum atomic E-state index is -0.196. The molecule has 0 spiro atoms. The van der Waals surface area contributed by atoms with Crippen molar-refractivity contribution in [2.75, 3.05) is 24.5 Å². The Hall–Kier alpha value is -2.31. The predicted molar refractivity (Wildman–Crippen MR) is 103 cm³/mol. The number of ketones is 1. The second-order valence-corrected chi connectivity index (χ2v) is 7.52. The number of hydrogen-bond donors (Lipinski definition) is 2. The summed E-state index contributed by atoms with van der Waals surface area (Å²) in [6.07, 6.45) is 3.92. The molecule has 0 aliphatic carbocycles. The Morgan fingerprint density at radius 3 is 2.74 bits per heavy atom. The highest BCUT2D eigenvalue weighted by Gasteiger charge is 2.36. The Kier molecular flexibility index (Phi) is 5.18. The van der Waals surface area contributed by atoms with Gasteiger partial charge < -0.3 is 4.90 Å². The molecule has 2 fully saturated rings. The van der Waals surface area contributed by atoms with E-state index in [1.54, 1.807) is 25.3 Å². The fourth-order valence-electron chi connectivity index (χ4n) is 4.29. The van der Waals surface area contributed by atoms with Gasteiger partial charge in [0, 0.05) is 43.4 Å². The molecule has 3 atom stereocenters. The number of hydrogen-bond acceptors (Lipinski definition) is 5. The fraction of sp³-hybridized carbons (Fsp3) is 0.429. The number of piperidine rings is 1.